The molecule has 0 saturated heterocycles. The zero-order chi connectivity index (χ0) is 13.7. The van der Waals surface area contributed by atoms with E-state index < -0.39 is 5.91 Å². The minimum absolute atomic E-state index is 0.300. The molecule has 0 bridgehead atoms. The lowest BCUT2D eigenvalue weighted by Crippen LogP contribution is -2.16. The number of anilines is 1. The van der Waals surface area contributed by atoms with Crippen LogP contribution in [0.25, 0.3) is 0 Å². The van der Waals surface area contributed by atoms with Crippen molar-refractivity contribution in [1.29, 1.82) is 0 Å². The van der Waals surface area contributed by atoms with E-state index in [0.717, 1.165) is 5.56 Å². The van der Waals surface area contributed by atoms with Crippen LogP contribution in [0, 0.1) is 0 Å². The Morgan fingerprint density at radius 2 is 2.11 bits per heavy atom. The van der Waals surface area contributed by atoms with Crippen LogP contribution in [0.5, 0.6) is 0 Å². The van der Waals surface area contributed by atoms with E-state index in [1.807, 2.05) is 36.6 Å². The van der Waals surface area contributed by atoms with E-state index in [9.17, 15) is 4.79 Å². The van der Waals surface area contributed by atoms with Gasteiger partial charge in [0.1, 0.15) is 5.82 Å². The summed E-state index contributed by atoms with van der Waals surface area (Å²) in [5.74, 6) is -0.0704. The zero-order valence-electron chi connectivity index (χ0n) is 10.5. The summed E-state index contributed by atoms with van der Waals surface area (Å²) in [6.07, 6.45) is 3.33. The Kier molecular flexibility index (Phi) is 4.35. The predicted molar refractivity (Wildman–Crippen MR) is 76.1 cm³/mol. The van der Waals surface area contributed by atoms with E-state index in [4.69, 9.17) is 5.73 Å². The Morgan fingerprint density at radius 3 is 2.74 bits per heavy atom. The van der Waals surface area contributed by atoms with Gasteiger partial charge in [0.05, 0.1) is 5.56 Å². The molecule has 2 rings (SSSR count). The number of hydrogen-bond acceptors (Lipinski definition) is 5. The first-order valence-electron chi connectivity index (χ1n) is 5.69. The number of nitrogens with one attached hydrogen (secondary N) is 1. The molecule has 5 nitrogen and oxygen atoms in total. The van der Waals surface area contributed by atoms with Crippen molar-refractivity contribution in [1.82, 2.24) is 9.97 Å². The van der Waals surface area contributed by atoms with Gasteiger partial charge >= 0.3 is 0 Å². The smallest absolute Gasteiger partial charge is 0.254 e. The van der Waals surface area contributed by atoms with Crippen LogP contribution in [0.3, 0.4) is 0 Å². The highest BCUT2D eigenvalue weighted by Gasteiger charge is 2.11. The number of nitrogens with two attached hydrogens (primary N) is 1. The third kappa shape index (κ3) is 3.45. The quantitative estimate of drug-likeness (QED) is 0.643. The molecule has 1 amide bonds. The molecule has 0 aliphatic carbocycles. The monoisotopic (exact) mass is 274 g/mol. The highest BCUT2D eigenvalue weighted by molar-refractivity contribution is 7.98. The average Bonchev–Trinajstić information content (AvgIpc) is 2.45. The lowest BCUT2D eigenvalue weighted by Gasteiger charge is -2.09. The number of carbonyl (C=O) groups is 1. The van der Waals surface area contributed by atoms with Gasteiger partial charge in [0.15, 0.2) is 5.16 Å². The molecule has 2 aromatic rings. The first-order valence-corrected chi connectivity index (χ1v) is 6.92. The van der Waals surface area contributed by atoms with Crippen LogP contribution in [0.1, 0.15) is 15.9 Å². The number of carbonyl (C=O) groups excluding carboxylic acids is 1. The molecule has 6 heteroatoms. The molecule has 0 radical (unpaired) electrons. The number of hydrogen-bond donors (Lipinski definition) is 2. The van der Waals surface area contributed by atoms with Crippen molar-refractivity contribution >= 4 is 23.5 Å². The lowest BCUT2D eigenvalue weighted by molar-refractivity contribution is 0.1000. The molecule has 19 heavy (non-hydrogen) atoms. The Morgan fingerprint density at radius 1 is 1.37 bits per heavy atom. The SMILES string of the molecule is CSc1ncc(C(N)=O)c(NCc2ccccc2)n1. The van der Waals surface area contributed by atoms with Gasteiger partial charge in [-0.1, -0.05) is 42.1 Å². The summed E-state index contributed by atoms with van der Waals surface area (Å²) in [6.45, 7) is 0.575. The molecule has 0 unspecified atom stereocenters. The molecule has 3 N–H and O–H groups in total. The average molecular weight is 274 g/mol. The highest BCUT2D eigenvalue weighted by atomic mass is 32.2. The number of amides is 1. The van der Waals surface area contributed by atoms with Gasteiger partial charge < -0.3 is 11.1 Å². The van der Waals surface area contributed by atoms with Crippen LogP contribution in [0.2, 0.25) is 0 Å². The number of nitrogens with zero attached hydrogens (tertiary/aromatic N) is 2. The summed E-state index contributed by atoms with van der Waals surface area (Å²) in [5, 5.41) is 3.72. The molecule has 0 saturated carbocycles. The zero-order valence-corrected chi connectivity index (χ0v) is 11.3. The van der Waals surface area contributed by atoms with E-state index in [1.54, 1.807) is 0 Å². The molecule has 1 aromatic carbocycles. The first-order chi connectivity index (χ1) is 9.20. The molecule has 0 fully saturated rings. The van der Waals surface area contributed by atoms with E-state index in [0.29, 0.717) is 23.1 Å². The van der Waals surface area contributed by atoms with Gasteiger partial charge in [-0.3, -0.25) is 4.79 Å². The molecule has 0 spiro atoms. The van der Waals surface area contributed by atoms with E-state index >= 15 is 0 Å². The van der Waals surface area contributed by atoms with Crippen molar-refractivity contribution in [3.05, 3.63) is 47.7 Å². The summed E-state index contributed by atoms with van der Waals surface area (Å²) in [7, 11) is 0. The maximum atomic E-state index is 11.3. The van der Waals surface area contributed by atoms with E-state index in [2.05, 4.69) is 15.3 Å². The summed E-state index contributed by atoms with van der Waals surface area (Å²) < 4.78 is 0. The second kappa shape index (κ2) is 6.19. The van der Waals surface area contributed by atoms with Gasteiger partial charge in [-0.05, 0) is 11.8 Å². The normalized spacial score (nSPS) is 10.2. The number of aromatic nitrogens is 2. The van der Waals surface area contributed by atoms with Crippen LogP contribution in [-0.4, -0.2) is 22.1 Å². The third-order valence-corrected chi connectivity index (χ3v) is 3.08. The van der Waals surface area contributed by atoms with Crippen molar-refractivity contribution < 1.29 is 4.79 Å². The molecule has 0 aliphatic heterocycles. The van der Waals surface area contributed by atoms with Crippen LogP contribution in [0.4, 0.5) is 5.82 Å². The molecule has 98 valence electrons. The standard InChI is InChI=1S/C13H14N4OS/c1-19-13-16-8-10(11(14)18)12(17-13)15-7-9-5-3-2-4-6-9/h2-6,8H,7H2,1H3,(H2,14,18)(H,15,16,17). The van der Waals surface area contributed by atoms with Crippen LogP contribution in [-0.2, 0) is 6.54 Å². The van der Waals surface area contributed by atoms with Crippen LogP contribution in [0.15, 0.2) is 41.7 Å². The van der Waals surface area contributed by atoms with Crippen molar-refractivity contribution in [2.75, 3.05) is 11.6 Å². The maximum Gasteiger partial charge on any atom is 0.254 e. The Balaban J connectivity index is 2.20. The number of thioether (sulfide) groups is 1. The molecular weight excluding hydrogens is 260 g/mol. The lowest BCUT2D eigenvalue weighted by atomic mass is 10.2. The van der Waals surface area contributed by atoms with Gasteiger partial charge in [0.2, 0.25) is 0 Å². The van der Waals surface area contributed by atoms with Gasteiger partial charge in [0.25, 0.3) is 5.91 Å². The fourth-order valence-electron chi connectivity index (χ4n) is 1.56. The topological polar surface area (TPSA) is 80.9 Å². The fraction of sp³-hybridized carbons (Fsp3) is 0.154. The minimum atomic E-state index is -0.539. The molecule has 1 aromatic heterocycles. The third-order valence-electron chi connectivity index (χ3n) is 2.52. The highest BCUT2D eigenvalue weighted by Crippen LogP contribution is 2.17. The summed E-state index contributed by atoms with van der Waals surface area (Å²) in [4.78, 5) is 19.6. The first kappa shape index (κ1) is 13.4. The second-order valence-corrected chi connectivity index (χ2v) is 4.60. The maximum absolute atomic E-state index is 11.3. The van der Waals surface area contributed by atoms with Gasteiger partial charge in [-0.15, -0.1) is 0 Å². The van der Waals surface area contributed by atoms with E-state index in [1.165, 1.54) is 18.0 Å². The minimum Gasteiger partial charge on any atom is -0.365 e. The van der Waals surface area contributed by atoms with Gasteiger partial charge in [0, 0.05) is 12.7 Å². The molecule has 1 heterocycles. The molecule has 0 atom stereocenters. The Bertz CT molecular complexity index is 574. The van der Waals surface area contributed by atoms with E-state index in [-0.39, 0.29) is 0 Å². The summed E-state index contributed by atoms with van der Waals surface area (Å²) in [6, 6.07) is 9.86. The summed E-state index contributed by atoms with van der Waals surface area (Å²) in [5.41, 5.74) is 6.71. The predicted octanol–water partition coefficient (Wildman–Crippen LogP) is 1.91. The van der Waals surface area contributed by atoms with Crippen molar-refractivity contribution in [3.63, 3.8) is 0 Å². The molecular formula is C13H14N4OS. The fourth-order valence-corrected chi connectivity index (χ4v) is 1.90. The largest absolute Gasteiger partial charge is 0.365 e. The summed E-state index contributed by atoms with van der Waals surface area (Å²) >= 11 is 1.41. The van der Waals surface area contributed by atoms with Crippen molar-refractivity contribution in [2.45, 2.75) is 11.7 Å². The van der Waals surface area contributed by atoms with Gasteiger partial charge in [-0.2, -0.15) is 0 Å². The molecule has 0 aliphatic rings. The number of benzene rings is 1. The van der Waals surface area contributed by atoms with Crippen LogP contribution >= 0.6 is 11.8 Å². The van der Waals surface area contributed by atoms with Crippen molar-refractivity contribution in [2.24, 2.45) is 5.73 Å². The second-order valence-electron chi connectivity index (χ2n) is 3.82. The number of rotatable bonds is 5. The van der Waals surface area contributed by atoms with Crippen molar-refractivity contribution in [3.8, 4) is 0 Å². The Hall–Kier alpha value is -2.08. The number of primary amides is 1. The van der Waals surface area contributed by atoms with Gasteiger partial charge in [-0.25, -0.2) is 9.97 Å². The Labute approximate surface area is 115 Å². The van der Waals surface area contributed by atoms with Crippen LogP contribution < -0.4 is 11.1 Å².